The van der Waals surface area contributed by atoms with E-state index in [0.29, 0.717) is 0 Å². The zero-order chi connectivity index (χ0) is 26.4. The summed E-state index contributed by atoms with van der Waals surface area (Å²) in [7, 11) is -15.0. The first-order chi connectivity index (χ1) is 15.2. The molecule has 3 rings (SSSR count). The quantitative estimate of drug-likeness (QED) is 0.455. The van der Waals surface area contributed by atoms with E-state index in [9.17, 15) is 60.7 Å². The number of halogens is 10. The number of sulfonamides is 2. The number of aromatic nitrogens is 1. The number of fused-ring (bicyclic) bond motifs is 3. The van der Waals surface area contributed by atoms with Crippen LogP contribution in [0.3, 0.4) is 0 Å². The van der Waals surface area contributed by atoms with Gasteiger partial charge in [0.2, 0.25) is 0 Å². The second kappa shape index (κ2) is 8.56. The third kappa shape index (κ3) is 4.92. The number of hydrogen-bond acceptors (Lipinski definition) is 4. The first-order valence-electron chi connectivity index (χ1n) is 8.28. The van der Waals surface area contributed by atoms with Gasteiger partial charge >= 0.3 is 22.9 Å². The summed E-state index contributed by atoms with van der Waals surface area (Å²) >= 11 is 0. The van der Waals surface area contributed by atoms with Gasteiger partial charge in [-0.15, -0.1) is 0 Å². The van der Waals surface area contributed by atoms with Crippen LogP contribution in [0.5, 0.6) is 0 Å². The predicted molar refractivity (Wildman–Crippen MR) is 98.8 cm³/mol. The van der Waals surface area contributed by atoms with Crippen molar-refractivity contribution in [1.29, 1.82) is 0 Å². The highest BCUT2D eigenvalue weighted by Gasteiger charge is 2.73. The molecule has 3 aromatic rings. The number of para-hydroxylation sites is 2. The van der Waals surface area contributed by atoms with Gasteiger partial charge in [-0.2, -0.15) is 43.9 Å². The van der Waals surface area contributed by atoms with Crippen molar-refractivity contribution in [3.63, 3.8) is 0 Å². The number of alkyl halides is 10. The van der Waals surface area contributed by atoms with Crippen molar-refractivity contribution in [2.75, 3.05) is 0 Å². The van der Waals surface area contributed by atoms with Crippen LogP contribution in [0.4, 0.5) is 43.9 Å². The summed E-state index contributed by atoms with van der Waals surface area (Å²) < 4.78 is 160. The molecule has 34 heavy (non-hydrogen) atoms. The number of benzene rings is 2. The van der Waals surface area contributed by atoms with Crippen LogP contribution < -0.4 is 4.13 Å². The van der Waals surface area contributed by atoms with Gasteiger partial charge in [0.15, 0.2) is 0 Å². The molecular formula is C16H10F10N2O4S2. The molecule has 0 atom stereocenters. The van der Waals surface area contributed by atoms with Crippen molar-refractivity contribution in [2.45, 2.75) is 22.9 Å². The van der Waals surface area contributed by atoms with Gasteiger partial charge in [-0.1, -0.05) is 40.5 Å². The van der Waals surface area contributed by atoms with Gasteiger partial charge in [0.25, 0.3) is 20.0 Å². The average molecular weight is 548 g/mol. The first kappa shape index (κ1) is 27.6. The highest BCUT2D eigenvalue weighted by atomic mass is 32.3. The summed E-state index contributed by atoms with van der Waals surface area (Å²) in [4.78, 5) is 3.38. The van der Waals surface area contributed by atoms with E-state index in [1.54, 1.807) is 0 Å². The fraction of sp³-hybridized carbons (Fsp3) is 0.250. The highest BCUT2D eigenvalue weighted by Crippen LogP contribution is 2.43. The Bertz CT molecular complexity index is 1290. The lowest BCUT2D eigenvalue weighted by molar-refractivity contribution is -0.242. The SMILES string of the molecule is O=S(=O)(NS(=O)(=O)C(F)(F)C(F)(F)F)C(F)(F)C(F)(F)F.c1ccc2c(c1)[nH]c1ccccc12. The molecule has 0 radical (unpaired) electrons. The molecule has 1 aromatic heterocycles. The van der Waals surface area contributed by atoms with Gasteiger partial charge in [-0.25, -0.2) is 16.8 Å². The number of rotatable bonds is 4. The molecule has 2 aromatic carbocycles. The van der Waals surface area contributed by atoms with Gasteiger partial charge in [-0.3, -0.25) is 0 Å². The summed E-state index contributed by atoms with van der Waals surface area (Å²) in [5.41, 5.74) is 2.42. The van der Waals surface area contributed by atoms with Crippen LogP contribution in [0.25, 0.3) is 21.8 Å². The monoisotopic (exact) mass is 548 g/mol. The fourth-order valence-electron chi connectivity index (χ4n) is 2.35. The van der Waals surface area contributed by atoms with E-state index in [2.05, 4.69) is 53.5 Å². The normalized spacial score (nSPS) is 14.2. The van der Waals surface area contributed by atoms with Gasteiger partial charge in [0, 0.05) is 21.8 Å². The van der Waals surface area contributed by atoms with Crippen LogP contribution in [0.15, 0.2) is 48.5 Å². The van der Waals surface area contributed by atoms with E-state index >= 15 is 0 Å². The minimum atomic E-state index is -7.49. The Kier molecular flexibility index (Phi) is 6.96. The molecule has 1 heterocycles. The van der Waals surface area contributed by atoms with E-state index in [1.807, 2.05) is 0 Å². The van der Waals surface area contributed by atoms with Gasteiger partial charge in [-0.05, 0) is 12.1 Å². The lowest BCUT2D eigenvalue weighted by Gasteiger charge is -2.23. The van der Waals surface area contributed by atoms with E-state index in [-0.39, 0.29) is 0 Å². The van der Waals surface area contributed by atoms with Crippen molar-refractivity contribution in [1.82, 2.24) is 9.11 Å². The Morgan fingerprint density at radius 1 is 0.559 bits per heavy atom. The van der Waals surface area contributed by atoms with Crippen LogP contribution in [0.1, 0.15) is 0 Å². The Morgan fingerprint density at radius 2 is 0.853 bits per heavy atom. The van der Waals surface area contributed by atoms with E-state index < -0.39 is 47.0 Å². The molecule has 0 bridgehead atoms. The number of aromatic amines is 1. The molecular weight excluding hydrogens is 538 g/mol. The summed E-state index contributed by atoms with van der Waals surface area (Å²) in [6.45, 7) is 0. The van der Waals surface area contributed by atoms with Crippen LogP contribution in [-0.4, -0.2) is 44.7 Å². The standard InChI is InChI=1S/C12H9N.C4HF10NO4S2/c1-3-7-11-9(5-1)10-6-2-4-8-12(10)13-11;5-1(6,7)3(11,12)20(16,17)15-21(18,19)4(13,14)2(8,9)10/h1-8,13H;15H. The minimum Gasteiger partial charge on any atom is -0.355 e. The maximum Gasteiger partial charge on any atom is 0.471 e. The molecule has 0 aliphatic carbocycles. The number of hydrogen-bond donors (Lipinski definition) is 2. The molecule has 0 unspecified atom stereocenters. The molecule has 2 N–H and O–H groups in total. The smallest absolute Gasteiger partial charge is 0.355 e. The molecule has 0 aliphatic rings. The third-order valence-electron chi connectivity index (χ3n) is 3.97. The topological polar surface area (TPSA) is 96.1 Å². The summed E-state index contributed by atoms with van der Waals surface area (Å²) in [6.07, 6.45) is -13.9. The van der Waals surface area contributed by atoms with Gasteiger partial charge in [0.1, 0.15) is 0 Å². The van der Waals surface area contributed by atoms with Crippen molar-refractivity contribution in [2.24, 2.45) is 0 Å². The molecule has 0 spiro atoms. The van der Waals surface area contributed by atoms with E-state index in [0.717, 1.165) is 0 Å². The third-order valence-corrected chi connectivity index (χ3v) is 7.54. The van der Waals surface area contributed by atoms with Crippen LogP contribution in [0, 0.1) is 0 Å². The lowest BCUT2D eigenvalue weighted by atomic mass is 10.2. The average Bonchev–Trinajstić information content (AvgIpc) is 3.04. The molecule has 0 saturated carbocycles. The van der Waals surface area contributed by atoms with Gasteiger partial charge < -0.3 is 4.98 Å². The fourth-order valence-corrected chi connectivity index (χ4v) is 4.96. The van der Waals surface area contributed by atoms with Crippen LogP contribution in [-0.2, 0) is 20.0 Å². The maximum atomic E-state index is 12.4. The Labute approximate surface area is 183 Å². The molecule has 0 aliphatic heterocycles. The predicted octanol–water partition coefficient (Wildman–Crippen LogP) is 4.87. The highest BCUT2D eigenvalue weighted by molar-refractivity contribution is 8.05. The second-order valence-corrected chi connectivity index (χ2v) is 10.0. The molecule has 6 nitrogen and oxygen atoms in total. The molecule has 0 amide bonds. The largest absolute Gasteiger partial charge is 0.471 e. The minimum absolute atomic E-state index is 0.969. The van der Waals surface area contributed by atoms with E-state index in [1.165, 1.54) is 21.8 Å². The van der Waals surface area contributed by atoms with Crippen LogP contribution >= 0.6 is 0 Å². The van der Waals surface area contributed by atoms with Gasteiger partial charge in [0.05, 0.1) is 0 Å². The van der Waals surface area contributed by atoms with Crippen molar-refractivity contribution in [3.8, 4) is 0 Å². The summed E-state index contributed by atoms with van der Waals surface area (Å²) in [5.74, 6) is 0. The Balaban J connectivity index is 0.000000263. The van der Waals surface area contributed by atoms with Crippen molar-refractivity contribution < 1.29 is 60.7 Å². The molecule has 0 saturated heterocycles. The molecule has 190 valence electrons. The molecule has 0 fully saturated rings. The summed E-state index contributed by atoms with van der Waals surface area (Å²) in [5, 5.41) is -11.3. The lowest BCUT2D eigenvalue weighted by Crippen LogP contribution is -2.57. The number of H-pyrrole nitrogens is 1. The zero-order valence-corrected chi connectivity index (χ0v) is 17.5. The second-order valence-electron chi connectivity index (χ2n) is 6.34. The molecule has 18 heteroatoms. The van der Waals surface area contributed by atoms with Crippen molar-refractivity contribution in [3.05, 3.63) is 48.5 Å². The maximum absolute atomic E-state index is 12.4. The zero-order valence-electron chi connectivity index (χ0n) is 15.8. The number of nitrogens with one attached hydrogen (secondary N) is 2. The first-order valence-corrected chi connectivity index (χ1v) is 11.2. The Hall–Kier alpha value is -2.60. The Morgan fingerprint density at radius 3 is 1.15 bits per heavy atom. The summed E-state index contributed by atoms with van der Waals surface area (Å²) in [6, 6.07) is 16.8. The van der Waals surface area contributed by atoms with Crippen LogP contribution in [0.2, 0.25) is 0 Å². The van der Waals surface area contributed by atoms with Crippen molar-refractivity contribution >= 4 is 41.9 Å². The van der Waals surface area contributed by atoms with E-state index in [4.69, 9.17) is 0 Å².